The minimum absolute atomic E-state index is 0.428. The van der Waals surface area contributed by atoms with E-state index in [1.54, 1.807) is 0 Å². The van der Waals surface area contributed by atoms with Crippen LogP contribution in [0.1, 0.15) is 33.5 Å². The molecule has 0 saturated heterocycles. The molecule has 57 heavy (non-hydrogen) atoms. The van der Waals surface area contributed by atoms with Crippen molar-refractivity contribution in [2.75, 3.05) is 13.6 Å². The minimum Gasteiger partial charge on any atom is -0.376 e. The number of hydrogen-bond donors (Lipinski definition) is 0. The van der Waals surface area contributed by atoms with E-state index in [1.165, 1.54) is 82.8 Å². The lowest BCUT2D eigenvalue weighted by Gasteiger charge is -2.33. The monoisotopic (exact) mass is 728 g/mol. The Balaban J connectivity index is 0.983. The van der Waals surface area contributed by atoms with Crippen molar-refractivity contribution in [3.05, 3.63) is 203 Å². The van der Waals surface area contributed by atoms with Gasteiger partial charge in [0.15, 0.2) is 0 Å². The molecule has 5 nitrogen and oxygen atoms in total. The third-order valence-corrected chi connectivity index (χ3v) is 12.9. The number of pyridine rings is 1. The van der Waals surface area contributed by atoms with Gasteiger partial charge in [-0.25, -0.2) is 0 Å². The van der Waals surface area contributed by atoms with Crippen molar-refractivity contribution in [2.24, 2.45) is 0 Å². The Kier molecular flexibility index (Phi) is 5.99. The third kappa shape index (κ3) is 3.88. The smallest absolute Gasteiger partial charge is 0.317 e. The van der Waals surface area contributed by atoms with Gasteiger partial charge in [0.2, 0.25) is 0 Å². The first-order chi connectivity index (χ1) is 28.2. The molecule has 0 atom stereocenters. The van der Waals surface area contributed by atoms with Crippen molar-refractivity contribution < 1.29 is 0 Å². The number of likely N-dealkylation sites (N-methyl/N-ethyl adjacent to an activating group) is 1. The van der Waals surface area contributed by atoms with E-state index in [9.17, 15) is 0 Å². The Morgan fingerprint density at radius 1 is 0.596 bits per heavy atom. The van der Waals surface area contributed by atoms with Gasteiger partial charge in [0.05, 0.1) is 33.7 Å². The first kappa shape index (κ1) is 30.8. The van der Waals surface area contributed by atoms with Gasteiger partial charge in [-0.2, -0.15) is 0 Å². The number of rotatable bonds is 3. The van der Waals surface area contributed by atoms with Crippen molar-refractivity contribution in [3.8, 4) is 33.6 Å². The number of fused-ring (bicyclic) bond motifs is 17. The van der Waals surface area contributed by atoms with E-state index in [0.717, 1.165) is 34.7 Å². The second-order valence-electron chi connectivity index (χ2n) is 15.7. The summed E-state index contributed by atoms with van der Waals surface area (Å²) in [6.45, 7) is 0.892. The van der Waals surface area contributed by atoms with Crippen LogP contribution >= 0.6 is 0 Å². The Hall–Kier alpha value is -7.46. The van der Waals surface area contributed by atoms with E-state index < -0.39 is 5.41 Å². The van der Waals surface area contributed by atoms with Crippen LogP contribution in [0.15, 0.2) is 170 Å². The number of benzene rings is 6. The van der Waals surface area contributed by atoms with Crippen molar-refractivity contribution in [2.45, 2.75) is 5.41 Å². The highest BCUT2D eigenvalue weighted by Crippen LogP contribution is 2.66. The molecule has 0 saturated carbocycles. The number of para-hydroxylation sites is 1. The zero-order chi connectivity index (χ0) is 37.4. The van der Waals surface area contributed by atoms with Crippen molar-refractivity contribution in [1.82, 2.24) is 23.7 Å². The van der Waals surface area contributed by atoms with Crippen LogP contribution in [0.3, 0.4) is 0 Å². The highest BCUT2D eigenvalue weighted by molar-refractivity contribution is 6.17. The van der Waals surface area contributed by atoms with E-state index >= 15 is 0 Å². The molecule has 1 spiro atoms. The maximum absolute atomic E-state index is 4.45. The fraction of sp³-hybridized carbons (Fsp3) is 0.0577. The van der Waals surface area contributed by atoms with Gasteiger partial charge in [0, 0.05) is 53.5 Å². The SMILES string of the molecule is CN1C=C2C(=CC1)c1ccc3c(c1C21c2ccccc2-c2ccccc21)c1ccccc1n3-c1ccc(-c2ccc(-n3c4c(c5ccncc53)C=[N+]=C4)cc2)cc1. The fourth-order valence-corrected chi connectivity index (χ4v) is 10.6. The maximum atomic E-state index is 4.45. The molecule has 266 valence electrons. The van der Waals surface area contributed by atoms with Crippen LogP contribution in [0.2, 0.25) is 0 Å². The average Bonchev–Trinajstić information content (AvgIpc) is 4.06. The van der Waals surface area contributed by atoms with Crippen LogP contribution in [0.4, 0.5) is 0 Å². The molecule has 2 aliphatic carbocycles. The van der Waals surface area contributed by atoms with Gasteiger partial charge in [0.25, 0.3) is 0 Å². The van der Waals surface area contributed by atoms with E-state index in [1.807, 2.05) is 24.8 Å². The number of nitrogens with zero attached hydrogens (tertiary/aromatic N) is 5. The Labute approximate surface area is 329 Å². The highest BCUT2D eigenvalue weighted by Gasteiger charge is 2.55. The van der Waals surface area contributed by atoms with Crippen LogP contribution in [-0.2, 0) is 5.41 Å². The van der Waals surface area contributed by atoms with Gasteiger partial charge in [-0.05, 0) is 98.1 Å². The summed E-state index contributed by atoms with van der Waals surface area (Å²) in [5.41, 5.74) is 20.8. The van der Waals surface area contributed by atoms with E-state index in [2.05, 4.69) is 183 Å². The molecule has 2 aliphatic heterocycles. The topological polar surface area (TPSA) is 40.1 Å². The molecule has 0 bridgehead atoms. The number of allylic oxidation sites excluding steroid dienone is 2. The lowest BCUT2D eigenvalue weighted by atomic mass is 9.69. The first-order valence-electron chi connectivity index (χ1n) is 19.7. The fourth-order valence-electron chi connectivity index (χ4n) is 10.6. The second kappa shape index (κ2) is 11.1. The summed E-state index contributed by atoms with van der Waals surface area (Å²) in [4.78, 5) is 6.77. The van der Waals surface area contributed by atoms with Gasteiger partial charge in [-0.1, -0.05) is 108 Å². The van der Waals surface area contributed by atoms with Crippen molar-refractivity contribution in [3.63, 3.8) is 0 Å². The molecular weight excluding hydrogens is 695 g/mol. The molecule has 0 N–H and O–H groups in total. The second-order valence-corrected chi connectivity index (χ2v) is 15.7. The minimum atomic E-state index is -0.428. The summed E-state index contributed by atoms with van der Waals surface area (Å²) in [6, 6.07) is 51.9. The molecule has 0 unspecified atom stereocenters. The largest absolute Gasteiger partial charge is 0.376 e. The molecule has 3 aromatic heterocycles. The quantitative estimate of drug-likeness (QED) is 0.170. The molecule has 0 radical (unpaired) electrons. The van der Waals surface area contributed by atoms with E-state index in [4.69, 9.17) is 0 Å². The van der Waals surface area contributed by atoms with E-state index in [0.29, 0.717) is 0 Å². The van der Waals surface area contributed by atoms with E-state index in [-0.39, 0.29) is 0 Å². The van der Waals surface area contributed by atoms with Crippen molar-refractivity contribution in [1.29, 1.82) is 0 Å². The van der Waals surface area contributed by atoms with Gasteiger partial charge >= 0.3 is 12.4 Å². The van der Waals surface area contributed by atoms with Gasteiger partial charge in [-0.15, -0.1) is 0 Å². The van der Waals surface area contributed by atoms with Crippen LogP contribution in [0, 0.1) is 0 Å². The predicted octanol–water partition coefficient (Wildman–Crippen LogP) is 10.2. The highest BCUT2D eigenvalue weighted by atomic mass is 15.1. The summed E-state index contributed by atoms with van der Waals surface area (Å²) in [7, 11) is 2.20. The molecule has 4 aliphatic rings. The summed E-state index contributed by atoms with van der Waals surface area (Å²) in [5, 5.41) is 3.77. The summed E-state index contributed by atoms with van der Waals surface area (Å²) in [6.07, 6.45) is 12.5. The van der Waals surface area contributed by atoms with Crippen LogP contribution in [0.25, 0.3) is 71.9 Å². The summed E-state index contributed by atoms with van der Waals surface area (Å²) >= 11 is 0. The Morgan fingerprint density at radius 3 is 2.04 bits per heavy atom. The van der Waals surface area contributed by atoms with Crippen LogP contribution in [0.5, 0.6) is 0 Å². The molecular formula is C52H34N5+. The molecule has 5 heteroatoms. The molecule has 0 fully saturated rings. The first-order valence-corrected chi connectivity index (χ1v) is 19.7. The maximum Gasteiger partial charge on any atom is 0.317 e. The zero-order valence-corrected chi connectivity index (χ0v) is 31.2. The normalized spacial score (nSPS) is 15.3. The lowest BCUT2D eigenvalue weighted by Crippen LogP contribution is -2.29. The van der Waals surface area contributed by atoms with Gasteiger partial charge in [0.1, 0.15) is 5.69 Å². The van der Waals surface area contributed by atoms with Crippen molar-refractivity contribution >= 4 is 50.7 Å². The summed E-state index contributed by atoms with van der Waals surface area (Å²) in [5.74, 6) is 0. The average molecular weight is 729 g/mol. The molecule has 0 amide bonds. The van der Waals surface area contributed by atoms with Gasteiger partial charge in [-0.3, -0.25) is 4.98 Å². The Morgan fingerprint density at radius 2 is 1.28 bits per heavy atom. The van der Waals surface area contributed by atoms with Crippen LogP contribution < -0.4 is 4.67 Å². The standard InChI is InChI=1S/C52H34N5/c1-55-27-25-38-40-22-23-47-50(51(40)52(45(38)31-55)43-11-5-2-8-36(43)37-9-3-6-12-44(37)52)41-10-4-7-13-46(41)56(47)34-18-14-32(15-19-34)33-16-20-35(21-17-33)57-48-29-53-26-24-39(48)42-28-54-30-49(42)57/h2-26,28-31H,27H2,1H3/q+1. The molecule has 13 rings (SSSR count). The molecule has 5 heterocycles. The van der Waals surface area contributed by atoms with Gasteiger partial charge < -0.3 is 14.0 Å². The number of hydrogen-bond acceptors (Lipinski definition) is 2. The lowest BCUT2D eigenvalue weighted by molar-refractivity contribution is 0.495. The third-order valence-electron chi connectivity index (χ3n) is 12.9. The molecule has 6 aromatic carbocycles. The predicted molar refractivity (Wildman–Crippen MR) is 234 cm³/mol. The number of aromatic nitrogens is 3. The Bertz CT molecular complexity index is 3320. The zero-order valence-electron chi connectivity index (χ0n) is 31.2. The van der Waals surface area contributed by atoms with Crippen LogP contribution in [-0.4, -0.2) is 45.0 Å². The summed E-state index contributed by atoms with van der Waals surface area (Å²) < 4.78 is 9.18. The molecule has 9 aromatic rings.